The Kier molecular flexibility index (Phi) is 5.19. The molecule has 128 valence electrons. The topological polar surface area (TPSA) is 59.1 Å². The second-order valence-corrected chi connectivity index (χ2v) is 6.52. The molecule has 2 aromatic carbocycles. The smallest absolute Gasteiger partial charge is 0.229 e. The molecule has 1 aromatic heterocycles. The molecule has 0 spiro atoms. The highest BCUT2D eigenvalue weighted by atomic mass is 79.9. The van der Waals surface area contributed by atoms with Crippen LogP contribution >= 0.6 is 15.9 Å². The largest absolute Gasteiger partial charge is 0.497 e. The zero-order chi connectivity index (χ0) is 17.8. The number of hydrogen-bond donors (Lipinski definition) is 2. The van der Waals surface area contributed by atoms with E-state index in [1.165, 1.54) is 5.56 Å². The average Bonchev–Trinajstić information content (AvgIpc) is 2.58. The predicted octanol–water partition coefficient (Wildman–Crippen LogP) is 5.35. The minimum absolute atomic E-state index is 0.530. The Hall–Kier alpha value is -2.60. The number of ether oxygens (including phenoxy) is 1. The summed E-state index contributed by atoms with van der Waals surface area (Å²) in [5, 5.41) is 6.53. The number of nitrogens with zero attached hydrogens (tertiary/aromatic N) is 2. The van der Waals surface area contributed by atoms with Gasteiger partial charge < -0.3 is 15.4 Å². The van der Waals surface area contributed by atoms with E-state index in [0.717, 1.165) is 33.1 Å². The molecule has 25 heavy (non-hydrogen) atoms. The molecule has 3 rings (SSSR count). The van der Waals surface area contributed by atoms with Gasteiger partial charge >= 0.3 is 0 Å². The minimum atomic E-state index is 0.530. The molecule has 0 radical (unpaired) electrons. The molecule has 0 amide bonds. The molecule has 0 atom stereocenters. The van der Waals surface area contributed by atoms with Gasteiger partial charge in [-0.25, -0.2) is 4.98 Å². The van der Waals surface area contributed by atoms with Crippen molar-refractivity contribution in [3.8, 4) is 5.75 Å². The molecule has 5 nitrogen and oxygen atoms in total. The van der Waals surface area contributed by atoms with Crippen LogP contribution in [0.1, 0.15) is 11.3 Å². The quantitative estimate of drug-likeness (QED) is 0.606. The lowest BCUT2D eigenvalue weighted by Gasteiger charge is -2.11. The fraction of sp³-hybridized carbons (Fsp3) is 0.158. The Labute approximate surface area is 155 Å². The lowest BCUT2D eigenvalue weighted by atomic mass is 10.2. The lowest BCUT2D eigenvalue weighted by Crippen LogP contribution is -2.02. The third-order valence-electron chi connectivity index (χ3n) is 3.62. The van der Waals surface area contributed by atoms with Crippen molar-refractivity contribution in [1.29, 1.82) is 0 Å². The number of hydrogen-bond acceptors (Lipinski definition) is 5. The maximum atomic E-state index is 5.24. The van der Waals surface area contributed by atoms with Crippen LogP contribution in [0.25, 0.3) is 0 Å². The number of aromatic nitrogens is 2. The van der Waals surface area contributed by atoms with Crippen molar-refractivity contribution in [1.82, 2.24) is 9.97 Å². The van der Waals surface area contributed by atoms with E-state index in [9.17, 15) is 0 Å². The minimum Gasteiger partial charge on any atom is -0.497 e. The number of methoxy groups -OCH3 is 1. The maximum absolute atomic E-state index is 5.24. The highest BCUT2D eigenvalue weighted by molar-refractivity contribution is 9.10. The Morgan fingerprint density at radius 3 is 2.48 bits per heavy atom. The van der Waals surface area contributed by atoms with Crippen LogP contribution in [-0.4, -0.2) is 17.1 Å². The van der Waals surface area contributed by atoms with Crippen molar-refractivity contribution < 1.29 is 4.74 Å². The molecule has 6 heteroatoms. The molecule has 0 fully saturated rings. The van der Waals surface area contributed by atoms with Gasteiger partial charge in [-0.15, -0.1) is 0 Å². The van der Waals surface area contributed by atoms with Gasteiger partial charge in [0.05, 0.1) is 7.11 Å². The van der Waals surface area contributed by atoms with E-state index in [2.05, 4.69) is 49.5 Å². The number of rotatable bonds is 5. The summed E-state index contributed by atoms with van der Waals surface area (Å²) in [5.41, 5.74) is 3.88. The molecule has 0 aliphatic rings. The van der Waals surface area contributed by atoms with E-state index >= 15 is 0 Å². The second-order valence-electron chi connectivity index (χ2n) is 5.66. The van der Waals surface area contributed by atoms with Gasteiger partial charge in [0.25, 0.3) is 0 Å². The van der Waals surface area contributed by atoms with Gasteiger partial charge in [-0.2, -0.15) is 4.98 Å². The molecule has 0 saturated carbocycles. The lowest BCUT2D eigenvalue weighted by molar-refractivity contribution is 0.415. The first-order chi connectivity index (χ1) is 12.0. The highest BCUT2D eigenvalue weighted by Gasteiger charge is 2.05. The molecular weight excluding hydrogens is 380 g/mol. The summed E-state index contributed by atoms with van der Waals surface area (Å²) in [6.45, 7) is 3.99. The zero-order valence-corrected chi connectivity index (χ0v) is 15.9. The molecule has 0 aliphatic heterocycles. The SMILES string of the molecule is COc1cccc(Nc2nc(C)cc(Nc3ccc(C)c(Br)c3)n2)c1. The molecule has 2 N–H and O–H groups in total. The van der Waals surface area contributed by atoms with Crippen LogP contribution in [0.4, 0.5) is 23.1 Å². The van der Waals surface area contributed by atoms with Gasteiger partial charge in [-0.3, -0.25) is 0 Å². The summed E-state index contributed by atoms with van der Waals surface area (Å²) in [5.74, 6) is 2.04. The molecule has 0 bridgehead atoms. The van der Waals surface area contributed by atoms with Crippen LogP contribution < -0.4 is 15.4 Å². The van der Waals surface area contributed by atoms with Crippen LogP contribution in [0.15, 0.2) is 53.0 Å². The van der Waals surface area contributed by atoms with Gasteiger partial charge in [-0.1, -0.05) is 28.1 Å². The number of anilines is 4. The van der Waals surface area contributed by atoms with Gasteiger partial charge in [0.2, 0.25) is 5.95 Å². The molecule has 0 unspecified atom stereocenters. The van der Waals surface area contributed by atoms with E-state index in [-0.39, 0.29) is 0 Å². The number of halogens is 1. The molecule has 0 aliphatic carbocycles. The van der Waals surface area contributed by atoms with E-state index in [0.29, 0.717) is 5.95 Å². The fourth-order valence-corrected chi connectivity index (χ4v) is 2.72. The predicted molar refractivity (Wildman–Crippen MR) is 105 cm³/mol. The number of aryl methyl sites for hydroxylation is 2. The third-order valence-corrected chi connectivity index (χ3v) is 4.48. The van der Waals surface area contributed by atoms with Gasteiger partial charge in [0, 0.05) is 33.7 Å². The summed E-state index contributed by atoms with van der Waals surface area (Å²) in [7, 11) is 1.64. The second kappa shape index (κ2) is 7.53. The maximum Gasteiger partial charge on any atom is 0.229 e. The summed E-state index contributed by atoms with van der Waals surface area (Å²) in [4.78, 5) is 8.99. The summed E-state index contributed by atoms with van der Waals surface area (Å²) < 4.78 is 6.30. The van der Waals surface area contributed by atoms with Crippen LogP contribution in [0.5, 0.6) is 5.75 Å². The van der Waals surface area contributed by atoms with Gasteiger partial charge in [0.1, 0.15) is 11.6 Å². The monoisotopic (exact) mass is 398 g/mol. The number of nitrogens with one attached hydrogen (secondary N) is 2. The Bertz CT molecular complexity index is 898. The summed E-state index contributed by atoms with van der Waals surface area (Å²) in [6, 6.07) is 15.7. The van der Waals surface area contributed by atoms with E-state index in [4.69, 9.17) is 4.74 Å². The summed E-state index contributed by atoms with van der Waals surface area (Å²) in [6.07, 6.45) is 0. The van der Waals surface area contributed by atoms with E-state index < -0.39 is 0 Å². The van der Waals surface area contributed by atoms with Crippen LogP contribution in [0.2, 0.25) is 0 Å². The Morgan fingerprint density at radius 2 is 1.72 bits per heavy atom. The first kappa shape index (κ1) is 17.2. The Morgan fingerprint density at radius 1 is 0.920 bits per heavy atom. The average molecular weight is 399 g/mol. The van der Waals surface area contributed by atoms with Crippen molar-refractivity contribution in [3.05, 3.63) is 64.3 Å². The zero-order valence-electron chi connectivity index (χ0n) is 14.3. The van der Waals surface area contributed by atoms with Gasteiger partial charge in [-0.05, 0) is 43.7 Å². The first-order valence-corrected chi connectivity index (χ1v) is 8.63. The van der Waals surface area contributed by atoms with Gasteiger partial charge in [0.15, 0.2) is 0 Å². The first-order valence-electron chi connectivity index (χ1n) is 7.83. The van der Waals surface area contributed by atoms with Crippen molar-refractivity contribution in [2.24, 2.45) is 0 Å². The summed E-state index contributed by atoms with van der Waals surface area (Å²) >= 11 is 3.55. The van der Waals surface area contributed by atoms with Crippen LogP contribution in [-0.2, 0) is 0 Å². The van der Waals surface area contributed by atoms with Crippen molar-refractivity contribution in [2.45, 2.75) is 13.8 Å². The Balaban J connectivity index is 1.83. The third kappa shape index (κ3) is 4.48. The molecule has 0 saturated heterocycles. The molecule has 1 heterocycles. The highest BCUT2D eigenvalue weighted by Crippen LogP contribution is 2.24. The number of benzene rings is 2. The van der Waals surface area contributed by atoms with Crippen LogP contribution in [0.3, 0.4) is 0 Å². The van der Waals surface area contributed by atoms with Crippen molar-refractivity contribution >= 4 is 39.1 Å². The molecule has 3 aromatic rings. The molecular formula is C19H19BrN4O. The van der Waals surface area contributed by atoms with Crippen molar-refractivity contribution in [2.75, 3.05) is 17.7 Å². The van der Waals surface area contributed by atoms with E-state index in [1.807, 2.05) is 49.4 Å². The van der Waals surface area contributed by atoms with Crippen LogP contribution in [0, 0.1) is 13.8 Å². The van der Waals surface area contributed by atoms with E-state index in [1.54, 1.807) is 7.11 Å². The standard InChI is InChI=1S/C19H19BrN4O/c1-12-7-8-15(11-17(12)20)22-18-9-13(2)21-19(24-18)23-14-5-4-6-16(10-14)25-3/h4-11H,1-3H3,(H2,21,22,23,24). The van der Waals surface area contributed by atoms with Crippen molar-refractivity contribution in [3.63, 3.8) is 0 Å². The fourth-order valence-electron chi connectivity index (χ4n) is 2.34. The normalized spacial score (nSPS) is 10.4.